The predicted octanol–water partition coefficient (Wildman–Crippen LogP) is 5.45. The molecule has 0 radical (unpaired) electrons. The molecule has 52 heavy (non-hydrogen) atoms. The van der Waals surface area contributed by atoms with Crippen molar-refractivity contribution in [3.05, 3.63) is 67.6 Å². The molecule has 2 amide bonds. The molecule has 0 bridgehead atoms. The summed E-state index contributed by atoms with van der Waals surface area (Å²) in [5.41, 5.74) is 1.27. The lowest BCUT2D eigenvalue weighted by molar-refractivity contribution is -0.138. The number of halogens is 4. The molecule has 0 spiro atoms. The van der Waals surface area contributed by atoms with Crippen molar-refractivity contribution < 1.29 is 37.0 Å². The van der Waals surface area contributed by atoms with Crippen LogP contribution in [0, 0.1) is 0 Å². The summed E-state index contributed by atoms with van der Waals surface area (Å²) in [6.07, 6.45) is -4.80. The summed E-state index contributed by atoms with van der Waals surface area (Å²) in [4.78, 5) is 49.1. The number of hydrogen-bond acceptors (Lipinski definition) is 9. The normalized spacial score (nSPS) is 15.8. The van der Waals surface area contributed by atoms with Crippen LogP contribution >= 0.6 is 11.6 Å². The van der Waals surface area contributed by atoms with Gasteiger partial charge in [0.25, 0.3) is 5.56 Å². The summed E-state index contributed by atoms with van der Waals surface area (Å²) in [5, 5.41) is 6.95. The Balaban J connectivity index is 1.28. The molecule has 0 atom stereocenters. The lowest BCUT2D eigenvalue weighted by Crippen LogP contribution is -2.51. The Morgan fingerprint density at radius 2 is 1.79 bits per heavy atom. The summed E-state index contributed by atoms with van der Waals surface area (Å²) >= 11 is 6.33. The van der Waals surface area contributed by atoms with Crippen molar-refractivity contribution in [3.63, 3.8) is 0 Å². The molecular formula is C35H37ClF3N7O6. The number of carbonyl (C=O) groups is 2. The molecule has 276 valence electrons. The average molecular weight is 744 g/mol. The number of carbonyl (C=O) groups excluding carboxylic acids is 2. The number of ether oxygens (including phenoxy) is 3. The quantitative estimate of drug-likeness (QED) is 0.274. The molecule has 5 heterocycles. The summed E-state index contributed by atoms with van der Waals surface area (Å²) in [6, 6.07) is 6.46. The van der Waals surface area contributed by atoms with E-state index in [0.29, 0.717) is 49.7 Å². The Hall–Kier alpha value is -4.83. The Morgan fingerprint density at radius 1 is 1.06 bits per heavy atom. The molecule has 0 aliphatic carbocycles. The summed E-state index contributed by atoms with van der Waals surface area (Å²) in [7, 11) is 0. The second-order valence-corrected chi connectivity index (χ2v) is 14.3. The van der Waals surface area contributed by atoms with E-state index in [4.69, 9.17) is 30.8 Å². The van der Waals surface area contributed by atoms with E-state index < -0.39 is 34.9 Å². The average Bonchev–Trinajstić information content (AvgIpc) is 3.86. The largest absolute Gasteiger partial charge is 0.491 e. The van der Waals surface area contributed by atoms with Crippen LogP contribution < -0.4 is 20.5 Å². The third-order valence-electron chi connectivity index (χ3n) is 9.19. The fourth-order valence-corrected chi connectivity index (χ4v) is 7.07. The molecule has 7 rings (SSSR count). The summed E-state index contributed by atoms with van der Waals surface area (Å²) < 4.78 is 60.8. The number of fused-ring (bicyclic) bond motifs is 3. The standard InChI is InChI=1S/C35H37ClF3N7O6/c1-5-25-28(43-9-11-44(12-10-43)33(49)52-34(2,3)4)31(48)46-32(41-30(42-46)19-6-7-20-17-50-18-21(20)14-19)45(25)16-26(47)40-27-24(36)15-23(35(37,38)39)22-8-13-51-29(22)27/h6-7,14-15H,5,8-13,16-18H2,1-4H3,(H,40,47). The van der Waals surface area contributed by atoms with Gasteiger partial charge in [0.05, 0.1) is 36.1 Å². The van der Waals surface area contributed by atoms with Crippen molar-refractivity contribution in [3.8, 4) is 17.1 Å². The van der Waals surface area contributed by atoms with Crippen molar-refractivity contribution in [2.45, 2.75) is 72.1 Å². The van der Waals surface area contributed by atoms with E-state index in [-0.39, 0.29) is 66.3 Å². The first-order valence-corrected chi connectivity index (χ1v) is 17.3. The first kappa shape index (κ1) is 35.6. The highest BCUT2D eigenvalue weighted by atomic mass is 35.5. The van der Waals surface area contributed by atoms with Gasteiger partial charge in [0.1, 0.15) is 29.3 Å². The van der Waals surface area contributed by atoms with Gasteiger partial charge in [-0.2, -0.15) is 22.7 Å². The molecule has 13 nitrogen and oxygen atoms in total. The summed E-state index contributed by atoms with van der Waals surface area (Å²) in [6.45, 7) is 8.92. The van der Waals surface area contributed by atoms with Crippen LogP contribution in [0.3, 0.4) is 0 Å². The van der Waals surface area contributed by atoms with Gasteiger partial charge in [-0.05, 0) is 50.5 Å². The number of anilines is 2. The van der Waals surface area contributed by atoms with Crippen LogP contribution in [-0.4, -0.2) is 74.5 Å². The van der Waals surface area contributed by atoms with Crippen molar-refractivity contribution >= 4 is 40.8 Å². The highest BCUT2D eigenvalue weighted by Gasteiger charge is 2.39. The monoisotopic (exact) mass is 743 g/mol. The Labute approximate surface area is 301 Å². The predicted molar refractivity (Wildman–Crippen MR) is 185 cm³/mol. The molecule has 2 aromatic heterocycles. The van der Waals surface area contributed by atoms with Gasteiger partial charge in [-0.25, -0.2) is 4.79 Å². The number of rotatable bonds is 6. The van der Waals surface area contributed by atoms with E-state index in [1.807, 2.05) is 30.0 Å². The first-order valence-electron chi connectivity index (χ1n) is 16.9. The van der Waals surface area contributed by atoms with Gasteiger partial charge in [0.2, 0.25) is 11.7 Å². The smallest absolute Gasteiger partial charge is 0.416 e. The van der Waals surface area contributed by atoms with E-state index in [9.17, 15) is 27.6 Å². The van der Waals surface area contributed by atoms with E-state index in [2.05, 4.69) is 10.4 Å². The fraction of sp³-hybridized carbons (Fsp3) is 0.457. The third kappa shape index (κ3) is 6.64. The Bertz CT molecular complexity index is 2150. The molecule has 0 unspecified atom stereocenters. The summed E-state index contributed by atoms with van der Waals surface area (Å²) in [5.74, 6) is -0.408. The topological polar surface area (TPSA) is 133 Å². The number of amides is 2. The van der Waals surface area contributed by atoms with Gasteiger partial charge < -0.3 is 33.9 Å². The number of alkyl halides is 3. The van der Waals surface area contributed by atoms with Gasteiger partial charge in [-0.15, -0.1) is 5.10 Å². The van der Waals surface area contributed by atoms with E-state index >= 15 is 0 Å². The van der Waals surface area contributed by atoms with Gasteiger partial charge in [0.15, 0.2) is 5.82 Å². The van der Waals surface area contributed by atoms with Gasteiger partial charge in [-0.1, -0.05) is 30.7 Å². The molecule has 1 saturated heterocycles. The van der Waals surface area contributed by atoms with Crippen molar-refractivity contribution in [1.29, 1.82) is 0 Å². The highest BCUT2D eigenvalue weighted by molar-refractivity contribution is 6.34. The van der Waals surface area contributed by atoms with Crippen molar-refractivity contribution in [2.75, 3.05) is 43.0 Å². The van der Waals surface area contributed by atoms with Crippen LogP contribution in [0.4, 0.5) is 29.3 Å². The molecule has 0 saturated carbocycles. The zero-order valence-electron chi connectivity index (χ0n) is 29.0. The third-order valence-corrected chi connectivity index (χ3v) is 9.49. The van der Waals surface area contributed by atoms with Crippen LogP contribution in [0.2, 0.25) is 5.02 Å². The van der Waals surface area contributed by atoms with Gasteiger partial charge in [-0.3, -0.25) is 9.59 Å². The molecule has 1 fully saturated rings. The lowest BCUT2D eigenvalue weighted by Gasteiger charge is -2.37. The van der Waals surface area contributed by atoms with Crippen molar-refractivity contribution in [1.82, 2.24) is 24.1 Å². The second kappa shape index (κ2) is 13.3. The lowest BCUT2D eigenvalue weighted by atomic mass is 10.0. The molecule has 4 aromatic rings. The van der Waals surface area contributed by atoms with E-state index in [0.717, 1.165) is 21.7 Å². The Morgan fingerprint density at radius 3 is 2.48 bits per heavy atom. The van der Waals surface area contributed by atoms with Crippen LogP contribution in [0.25, 0.3) is 17.2 Å². The zero-order chi connectivity index (χ0) is 37.1. The highest BCUT2D eigenvalue weighted by Crippen LogP contribution is 2.46. The SMILES string of the molecule is CCc1c(N2CCN(C(=O)OC(C)(C)C)CC2)c(=O)n2nc(-c3ccc4c(c3)COC4)nc2n1CC(=O)Nc1c(Cl)cc(C(F)(F)F)c2c1OCC2. The van der Waals surface area contributed by atoms with Crippen LogP contribution in [0.15, 0.2) is 29.1 Å². The molecule has 3 aliphatic rings. The minimum Gasteiger partial charge on any atom is -0.491 e. The number of aromatic nitrogens is 4. The van der Waals surface area contributed by atoms with Gasteiger partial charge >= 0.3 is 12.3 Å². The van der Waals surface area contributed by atoms with Crippen LogP contribution in [0.1, 0.15) is 55.6 Å². The maximum absolute atomic E-state index is 14.3. The van der Waals surface area contributed by atoms with Crippen molar-refractivity contribution in [2.24, 2.45) is 0 Å². The number of benzene rings is 2. The van der Waals surface area contributed by atoms with Crippen LogP contribution in [0.5, 0.6) is 5.75 Å². The van der Waals surface area contributed by atoms with E-state index in [1.54, 1.807) is 30.2 Å². The first-order chi connectivity index (χ1) is 24.6. The number of piperazine rings is 1. The number of hydrogen-bond donors (Lipinski definition) is 1. The van der Waals surface area contributed by atoms with Crippen LogP contribution in [-0.2, 0) is 53.0 Å². The molecular weight excluding hydrogens is 707 g/mol. The molecule has 2 aromatic carbocycles. The maximum Gasteiger partial charge on any atom is 0.416 e. The van der Waals surface area contributed by atoms with Gasteiger partial charge in [0, 0.05) is 43.7 Å². The van der Waals surface area contributed by atoms with E-state index in [1.165, 1.54) is 0 Å². The Kier molecular flexibility index (Phi) is 9.09. The minimum atomic E-state index is -4.66. The maximum atomic E-state index is 14.3. The molecule has 3 aliphatic heterocycles. The molecule has 17 heteroatoms. The zero-order valence-corrected chi connectivity index (χ0v) is 29.8. The number of nitrogens with zero attached hydrogens (tertiary/aromatic N) is 6. The number of nitrogens with one attached hydrogen (secondary N) is 1. The second-order valence-electron chi connectivity index (χ2n) is 13.9. The molecule has 1 N–H and O–H groups in total. The fourth-order valence-electron chi connectivity index (χ4n) is 6.82. The minimum absolute atomic E-state index is 0.00380.